The summed E-state index contributed by atoms with van der Waals surface area (Å²) < 4.78 is 0. The number of hydrogen-bond donors (Lipinski definition) is 0. The molecule has 0 aromatic heterocycles. The second-order valence-corrected chi connectivity index (χ2v) is 13.7. The van der Waals surface area contributed by atoms with E-state index in [2.05, 4.69) is 217 Å². The fourth-order valence-corrected chi connectivity index (χ4v) is 8.02. The molecule has 0 atom stereocenters. The molecule has 1 nitrogen and oxygen atoms in total. The molecule has 0 aliphatic heterocycles. The molecule has 0 spiro atoms. The minimum atomic E-state index is 1.10. The van der Waals surface area contributed by atoms with Gasteiger partial charge in [-0.15, -0.1) is 0 Å². The zero-order chi connectivity index (χ0) is 35.1. The number of nitrogens with zero attached hydrogens (tertiary/aromatic N) is 1. The molecule has 0 unspecified atom stereocenters. The standard InChI is InChI=1S/C52H35N/c1-3-14-38(15-4-1)50-34-42(49-35-51-45-20-10-9-16-39(45)27-31-48(51)46-21-11-12-22-47(46)49)28-32-52(50)53(43-18-5-2-6-19-43)44-29-25-37(26-30-44)41-24-23-36-13-7-8-17-40(36)33-41/h1-35H. The van der Waals surface area contributed by atoms with E-state index in [0.717, 1.165) is 17.1 Å². The van der Waals surface area contributed by atoms with Crippen molar-refractivity contribution in [2.75, 3.05) is 4.90 Å². The number of rotatable bonds is 6. The van der Waals surface area contributed by atoms with E-state index in [1.165, 1.54) is 76.5 Å². The van der Waals surface area contributed by atoms with Gasteiger partial charge in [0, 0.05) is 16.9 Å². The van der Waals surface area contributed by atoms with Gasteiger partial charge in [0.1, 0.15) is 0 Å². The van der Waals surface area contributed by atoms with E-state index < -0.39 is 0 Å². The van der Waals surface area contributed by atoms with E-state index in [1.54, 1.807) is 0 Å². The van der Waals surface area contributed by atoms with Crippen LogP contribution < -0.4 is 4.90 Å². The number of para-hydroxylation sites is 1. The maximum Gasteiger partial charge on any atom is 0.0540 e. The van der Waals surface area contributed by atoms with Gasteiger partial charge in [0.05, 0.1) is 5.69 Å². The predicted octanol–water partition coefficient (Wildman–Crippen LogP) is 14.8. The van der Waals surface area contributed by atoms with Crippen LogP contribution in [0.3, 0.4) is 0 Å². The van der Waals surface area contributed by atoms with E-state index in [1.807, 2.05) is 0 Å². The van der Waals surface area contributed by atoms with Crippen molar-refractivity contribution < 1.29 is 0 Å². The smallest absolute Gasteiger partial charge is 0.0540 e. The molecule has 1 heteroatoms. The lowest BCUT2D eigenvalue weighted by Gasteiger charge is -2.28. The van der Waals surface area contributed by atoms with Gasteiger partial charge in [-0.05, 0) is 119 Å². The minimum absolute atomic E-state index is 1.10. The van der Waals surface area contributed by atoms with Crippen molar-refractivity contribution in [2.24, 2.45) is 0 Å². The minimum Gasteiger partial charge on any atom is -0.310 e. The molecule has 0 radical (unpaired) electrons. The molecule has 0 saturated carbocycles. The summed E-state index contributed by atoms with van der Waals surface area (Å²) >= 11 is 0. The Kier molecular flexibility index (Phi) is 7.55. The van der Waals surface area contributed by atoms with Gasteiger partial charge in [0.2, 0.25) is 0 Å². The molecule has 10 rings (SSSR count). The van der Waals surface area contributed by atoms with Crippen LogP contribution >= 0.6 is 0 Å². The molecular formula is C52H35N. The molecule has 53 heavy (non-hydrogen) atoms. The first-order valence-corrected chi connectivity index (χ1v) is 18.3. The van der Waals surface area contributed by atoms with E-state index in [0.29, 0.717) is 0 Å². The molecule has 0 aliphatic carbocycles. The van der Waals surface area contributed by atoms with E-state index in [-0.39, 0.29) is 0 Å². The molecule has 10 aromatic rings. The van der Waals surface area contributed by atoms with Gasteiger partial charge in [-0.2, -0.15) is 0 Å². The molecule has 0 aliphatic rings. The highest BCUT2D eigenvalue weighted by Crippen LogP contribution is 2.45. The summed E-state index contributed by atoms with van der Waals surface area (Å²) in [6.45, 7) is 0. The summed E-state index contributed by atoms with van der Waals surface area (Å²) in [5.41, 5.74) is 10.5. The Hall–Kier alpha value is -6.96. The highest BCUT2D eigenvalue weighted by molar-refractivity contribution is 6.21. The Labute approximate surface area is 309 Å². The summed E-state index contributed by atoms with van der Waals surface area (Å²) in [5.74, 6) is 0. The summed E-state index contributed by atoms with van der Waals surface area (Å²) in [4.78, 5) is 2.39. The number of anilines is 3. The van der Waals surface area contributed by atoms with Crippen LogP contribution in [0.5, 0.6) is 0 Å². The molecule has 10 aromatic carbocycles. The topological polar surface area (TPSA) is 3.24 Å². The second-order valence-electron chi connectivity index (χ2n) is 13.7. The molecular weight excluding hydrogens is 639 g/mol. The predicted molar refractivity (Wildman–Crippen MR) is 227 cm³/mol. The van der Waals surface area contributed by atoms with Crippen LogP contribution in [0.4, 0.5) is 17.1 Å². The van der Waals surface area contributed by atoms with Crippen LogP contribution in [0.25, 0.3) is 76.5 Å². The van der Waals surface area contributed by atoms with Gasteiger partial charge in [-0.25, -0.2) is 0 Å². The Morgan fingerprint density at radius 3 is 1.60 bits per heavy atom. The molecule has 0 amide bonds. The molecule has 0 N–H and O–H groups in total. The third-order valence-electron chi connectivity index (χ3n) is 10.6. The Balaban J connectivity index is 1.16. The summed E-state index contributed by atoms with van der Waals surface area (Å²) in [6.07, 6.45) is 0. The fraction of sp³-hybridized carbons (Fsp3) is 0. The van der Waals surface area contributed by atoms with Crippen LogP contribution in [0, 0.1) is 0 Å². The van der Waals surface area contributed by atoms with Gasteiger partial charge in [0.25, 0.3) is 0 Å². The molecule has 0 heterocycles. The molecule has 248 valence electrons. The maximum atomic E-state index is 2.41. The Morgan fingerprint density at radius 1 is 0.245 bits per heavy atom. The van der Waals surface area contributed by atoms with E-state index >= 15 is 0 Å². The monoisotopic (exact) mass is 673 g/mol. The van der Waals surface area contributed by atoms with Crippen molar-refractivity contribution in [3.63, 3.8) is 0 Å². The first kappa shape index (κ1) is 30.8. The van der Waals surface area contributed by atoms with Crippen LogP contribution in [-0.4, -0.2) is 0 Å². The normalized spacial score (nSPS) is 11.4. The highest BCUT2D eigenvalue weighted by Gasteiger charge is 2.19. The first-order valence-electron chi connectivity index (χ1n) is 18.3. The molecule has 0 bridgehead atoms. The third-order valence-corrected chi connectivity index (χ3v) is 10.6. The lowest BCUT2D eigenvalue weighted by Crippen LogP contribution is -2.11. The zero-order valence-electron chi connectivity index (χ0n) is 29.2. The average molecular weight is 674 g/mol. The van der Waals surface area contributed by atoms with Crippen molar-refractivity contribution in [3.8, 4) is 33.4 Å². The van der Waals surface area contributed by atoms with Gasteiger partial charge in [-0.3, -0.25) is 0 Å². The Bertz CT molecular complexity index is 2930. The fourth-order valence-electron chi connectivity index (χ4n) is 8.02. The number of benzene rings is 10. The molecule has 0 saturated heterocycles. The molecule has 0 fully saturated rings. The third kappa shape index (κ3) is 5.51. The van der Waals surface area contributed by atoms with Crippen molar-refractivity contribution in [1.82, 2.24) is 0 Å². The van der Waals surface area contributed by atoms with Crippen molar-refractivity contribution in [3.05, 3.63) is 212 Å². The van der Waals surface area contributed by atoms with Gasteiger partial charge >= 0.3 is 0 Å². The summed E-state index contributed by atoms with van der Waals surface area (Å²) in [7, 11) is 0. The quantitative estimate of drug-likeness (QED) is 0.159. The van der Waals surface area contributed by atoms with Crippen molar-refractivity contribution in [2.45, 2.75) is 0 Å². The SMILES string of the molecule is c1ccc(-c2cc(-c3cc4c5ccccc5ccc4c4ccccc34)ccc2N(c2ccccc2)c2ccc(-c3ccc4ccccc4c3)cc2)cc1. The first-order chi connectivity index (χ1) is 26.3. The van der Waals surface area contributed by atoms with Crippen molar-refractivity contribution >= 4 is 60.2 Å². The highest BCUT2D eigenvalue weighted by atomic mass is 15.1. The second kappa shape index (κ2) is 13.0. The lowest BCUT2D eigenvalue weighted by molar-refractivity contribution is 1.28. The van der Waals surface area contributed by atoms with Gasteiger partial charge < -0.3 is 4.90 Å². The van der Waals surface area contributed by atoms with Crippen LogP contribution in [-0.2, 0) is 0 Å². The van der Waals surface area contributed by atoms with Crippen LogP contribution in [0.2, 0.25) is 0 Å². The van der Waals surface area contributed by atoms with Crippen LogP contribution in [0.1, 0.15) is 0 Å². The largest absolute Gasteiger partial charge is 0.310 e. The summed E-state index contributed by atoms with van der Waals surface area (Å²) in [5, 5.41) is 10.1. The number of hydrogen-bond acceptors (Lipinski definition) is 1. The Morgan fingerprint density at radius 2 is 0.811 bits per heavy atom. The van der Waals surface area contributed by atoms with E-state index in [4.69, 9.17) is 0 Å². The van der Waals surface area contributed by atoms with Gasteiger partial charge in [0.15, 0.2) is 0 Å². The maximum absolute atomic E-state index is 2.41. The average Bonchev–Trinajstić information content (AvgIpc) is 3.24. The summed E-state index contributed by atoms with van der Waals surface area (Å²) in [6, 6.07) is 77.3. The van der Waals surface area contributed by atoms with Crippen molar-refractivity contribution in [1.29, 1.82) is 0 Å². The van der Waals surface area contributed by atoms with Crippen LogP contribution in [0.15, 0.2) is 212 Å². The zero-order valence-corrected chi connectivity index (χ0v) is 29.2. The van der Waals surface area contributed by atoms with Gasteiger partial charge in [-0.1, -0.05) is 164 Å². The lowest BCUT2D eigenvalue weighted by atomic mass is 9.89. The van der Waals surface area contributed by atoms with E-state index in [9.17, 15) is 0 Å². The number of fused-ring (bicyclic) bond motifs is 6.